The fourth-order valence-electron chi connectivity index (χ4n) is 2.71. The minimum atomic E-state index is 1.09. The summed E-state index contributed by atoms with van der Waals surface area (Å²) in [4.78, 5) is 0. The third kappa shape index (κ3) is 7.09. The summed E-state index contributed by atoms with van der Waals surface area (Å²) in [5.74, 6) is 1.09. The van der Waals surface area contributed by atoms with E-state index in [1.807, 2.05) is 0 Å². The van der Waals surface area contributed by atoms with E-state index in [2.05, 4.69) is 19.1 Å². The minimum Gasteiger partial charge on any atom is -0.0885 e. The van der Waals surface area contributed by atoms with Gasteiger partial charge in [-0.25, -0.2) is 0 Å². The molecule has 2 rings (SSSR count). The van der Waals surface area contributed by atoms with Gasteiger partial charge in [0.15, 0.2) is 0 Å². The maximum Gasteiger partial charge on any atom is -0.0351 e. The Kier molecular flexibility index (Phi) is 8.57. The van der Waals surface area contributed by atoms with Crippen LogP contribution in [0.15, 0.2) is 12.2 Å². The average molecular weight is 222 g/mol. The molecular formula is C16H30. The van der Waals surface area contributed by atoms with Crippen molar-refractivity contribution < 1.29 is 0 Å². The van der Waals surface area contributed by atoms with Gasteiger partial charge in [-0.3, -0.25) is 0 Å². The van der Waals surface area contributed by atoms with Gasteiger partial charge in [0.25, 0.3) is 0 Å². The van der Waals surface area contributed by atoms with Gasteiger partial charge in [-0.05, 0) is 31.6 Å². The fraction of sp³-hybridized carbons (Fsp3) is 0.875. The summed E-state index contributed by atoms with van der Waals surface area (Å²) in [5.41, 5.74) is 0. The second-order valence-electron chi connectivity index (χ2n) is 5.38. The van der Waals surface area contributed by atoms with Gasteiger partial charge in [0.2, 0.25) is 0 Å². The van der Waals surface area contributed by atoms with Gasteiger partial charge < -0.3 is 0 Å². The van der Waals surface area contributed by atoms with Crippen LogP contribution in [0.4, 0.5) is 0 Å². The summed E-state index contributed by atoms with van der Waals surface area (Å²) >= 11 is 0. The van der Waals surface area contributed by atoms with Crippen LogP contribution in [0.1, 0.15) is 84.0 Å². The Morgan fingerprint density at radius 2 is 1.25 bits per heavy atom. The van der Waals surface area contributed by atoms with Crippen LogP contribution in [0.3, 0.4) is 0 Å². The summed E-state index contributed by atoms with van der Waals surface area (Å²) in [5, 5.41) is 0. The normalized spacial score (nSPS) is 24.8. The summed E-state index contributed by atoms with van der Waals surface area (Å²) < 4.78 is 0. The van der Waals surface area contributed by atoms with E-state index < -0.39 is 0 Å². The molecule has 0 aromatic heterocycles. The minimum absolute atomic E-state index is 1.09. The number of hydrogen-bond donors (Lipinski definition) is 0. The molecule has 0 aromatic rings. The molecule has 0 unspecified atom stereocenters. The number of rotatable bonds is 1. The molecule has 0 saturated heterocycles. The van der Waals surface area contributed by atoms with Gasteiger partial charge in [-0.15, -0.1) is 0 Å². The Balaban J connectivity index is 0.000000160. The van der Waals surface area contributed by atoms with Crippen LogP contribution in [0.2, 0.25) is 0 Å². The third-order valence-electron chi connectivity index (χ3n) is 3.96. The topological polar surface area (TPSA) is 0 Å². The molecule has 0 aromatic carbocycles. The SMILES string of the molecule is C1=C\CCCCCC/1.CCC1CCCCC1. The molecule has 0 spiro atoms. The summed E-state index contributed by atoms with van der Waals surface area (Å²) in [6, 6.07) is 0. The molecule has 0 heterocycles. The molecule has 0 amide bonds. The first-order valence-corrected chi connectivity index (χ1v) is 7.58. The lowest BCUT2D eigenvalue weighted by Gasteiger charge is -2.18. The number of hydrogen-bond acceptors (Lipinski definition) is 0. The Morgan fingerprint density at radius 1 is 0.750 bits per heavy atom. The van der Waals surface area contributed by atoms with Crippen LogP contribution in [-0.2, 0) is 0 Å². The zero-order valence-corrected chi connectivity index (χ0v) is 11.2. The van der Waals surface area contributed by atoms with Gasteiger partial charge in [-0.2, -0.15) is 0 Å². The number of allylic oxidation sites excluding steroid dienone is 2. The zero-order valence-electron chi connectivity index (χ0n) is 11.2. The van der Waals surface area contributed by atoms with E-state index in [0.29, 0.717) is 0 Å². The molecule has 2 aliphatic carbocycles. The van der Waals surface area contributed by atoms with Gasteiger partial charge in [0.1, 0.15) is 0 Å². The van der Waals surface area contributed by atoms with Crippen LogP contribution in [0, 0.1) is 5.92 Å². The molecule has 2 aliphatic rings. The molecule has 1 saturated carbocycles. The van der Waals surface area contributed by atoms with E-state index in [4.69, 9.17) is 0 Å². The standard InChI is InChI=1S/C8H16.C8H14/c1-2-8-6-4-3-5-7-8;1-2-4-6-8-7-5-3-1/h8H,2-7H2,1H3;1-2H,3-8H2/b;2-1-. The smallest absolute Gasteiger partial charge is 0.0351 e. The van der Waals surface area contributed by atoms with Crippen LogP contribution >= 0.6 is 0 Å². The quantitative estimate of drug-likeness (QED) is 0.486. The van der Waals surface area contributed by atoms with Crippen LogP contribution in [-0.4, -0.2) is 0 Å². The highest BCUT2D eigenvalue weighted by molar-refractivity contribution is 4.82. The molecular weight excluding hydrogens is 192 g/mol. The fourth-order valence-corrected chi connectivity index (χ4v) is 2.71. The van der Waals surface area contributed by atoms with Crippen molar-refractivity contribution in [2.45, 2.75) is 84.0 Å². The molecule has 0 nitrogen and oxygen atoms in total. The van der Waals surface area contributed by atoms with E-state index in [0.717, 1.165) is 5.92 Å². The highest BCUT2D eigenvalue weighted by Gasteiger charge is 2.09. The molecule has 0 bridgehead atoms. The van der Waals surface area contributed by atoms with Gasteiger partial charge >= 0.3 is 0 Å². The van der Waals surface area contributed by atoms with Gasteiger partial charge in [-0.1, -0.05) is 70.4 Å². The van der Waals surface area contributed by atoms with Crippen molar-refractivity contribution in [2.24, 2.45) is 5.92 Å². The van der Waals surface area contributed by atoms with E-state index >= 15 is 0 Å². The first-order valence-electron chi connectivity index (χ1n) is 7.58. The summed E-state index contributed by atoms with van der Waals surface area (Å²) in [6.07, 6.45) is 21.9. The molecule has 16 heavy (non-hydrogen) atoms. The van der Waals surface area contributed by atoms with Crippen LogP contribution < -0.4 is 0 Å². The maximum absolute atomic E-state index is 2.32. The molecule has 94 valence electrons. The lowest BCUT2D eigenvalue weighted by Crippen LogP contribution is -2.03. The largest absolute Gasteiger partial charge is 0.0885 e. The van der Waals surface area contributed by atoms with Crippen LogP contribution in [0.5, 0.6) is 0 Å². The highest BCUT2D eigenvalue weighted by atomic mass is 14.2. The van der Waals surface area contributed by atoms with E-state index in [9.17, 15) is 0 Å². The lowest BCUT2D eigenvalue weighted by molar-refractivity contribution is 0.349. The van der Waals surface area contributed by atoms with E-state index in [1.54, 1.807) is 0 Å². The van der Waals surface area contributed by atoms with Crippen molar-refractivity contribution in [1.82, 2.24) is 0 Å². The lowest BCUT2D eigenvalue weighted by atomic mass is 9.88. The second kappa shape index (κ2) is 9.93. The Morgan fingerprint density at radius 3 is 1.69 bits per heavy atom. The van der Waals surface area contributed by atoms with E-state index in [1.165, 1.54) is 77.0 Å². The Hall–Kier alpha value is -0.260. The Labute approximate surface area is 103 Å². The monoisotopic (exact) mass is 222 g/mol. The highest BCUT2D eigenvalue weighted by Crippen LogP contribution is 2.25. The maximum atomic E-state index is 2.32. The summed E-state index contributed by atoms with van der Waals surface area (Å²) in [7, 11) is 0. The first kappa shape index (κ1) is 13.8. The average Bonchev–Trinajstić information content (AvgIpc) is 2.30. The molecule has 0 N–H and O–H groups in total. The van der Waals surface area contributed by atoms with Crippen molar-refractivity contribution in [2.75, 3.05) is 0 Å². The van der Waals surface area contributed by atoms with Crippen molar-refractivity contribution >= 4 is 0 Å². The van der Waals surface area contributed by atoms with Crippen molar-refractivity contribution in [3.05, 3.63) is 12.2 Å². The summed E-state index contributed by atoms with van der Waals surface area (Å²) in [6.45, 7) is 2.32. The van der Waals surface area contributed by atoms with Crippen molar-refractivity contribution in [1.29, 1.82) is 0 Å². The molecule has 0 radical (unpaired) electrons. The zero-order chi connectivity index (χ0) is 11.5. The third-order valence-corrected chi connectivity index (χ3v) is 3.96. The van der Waals surface area contributed by atoms with Gasteiger partial charge in [0, 0.05) is 0 Å². The molecule has 0 aliphatic heterocycles. The van der Waals surface area contributed by atoms with E-state index in [-0.39, 0.29) is 0 Å². The second-order valence-corrected chi connectivity index (χ2v) is 5.38. The van der Waals surface area contributed by atoms with Crippen molar-refractivity contribution in [3.8, 4) is 0 Å². The van der Waals surface area contributed by atoms with Gasteiger partial charge in [0.05, 0.1) is 0 Å². The predicted octanol–water partition coefficient (Wildman–Crippen LogP) is 5.87. The van der Waals surface area contributed by atoms with Crippen molar-refractivity contribution in [3.63, 3.8) is 0 Å². The Bertz CT molecular complexity index is 153. The van der Waals surface area contributed by atoms with Crippen LogP contribution in [0.25, 0.3) is 0 Å². The molecule has 0 heteroatoms. The molecule has 0 atom stereocenters. The molecule has 1 fully saturated rings. The predicted molar refractivity (Wildman–Crippen MR) is 73.7 cm³/mol. The first-order chi connectivity index (χ1) is 7.93.